The summed E-state index contributed by atoms with van der Waals surface area (Å²) in [7, 11) is -3.40. The number of hydrogen-bond donors (Lipinski definition) is 2. The highest BCUT2D eigenvalue weighted by Crippen LogP contribution is 2.60. The fourth-order valence-corrected chi connectivity index (χ4v) is 10.4. The van der Waals surface area contributed by atoms with Crippen LogP contribution in [0.15, 0.2) is 96.4 Å². The minimum Gasteiger partial charge on any atom is -0.395 e. The van der Waals surface area contributed by atoms with E-state index in [2.05, 4.69) is 22.0 Å². The van der Waals surface area contributed by atoms with E-state index in [0.717, 1.165) is 5.56 Å². The molecule has 1 saturated heterocycles. The zero-order chi connectivity index (χ0) is 33.8. The van der Waals surface area contributed by atoms with Gasteiger partial charge in [0.2, 0.25) is 8.41 Å². The van der Waals surface area contributed by atoms with Crippen LogP contribution in [0.5, 0.6) is 0 Å². The Hall–Kier alpha value is -4.65. The minimum atomic E-state index is -3.40. The van der Waals surface area contributed by atoms with Crippen LogP contribution < -0.4 is 10.5 Å². The van der Waals surface area contributed by atoms with Gasteiger partial charge in [-0.3, -0.25) is 19.4 Å². The number of H-pyrrole nitrogens is 1. The number of carbonyl (C=O) groups excluding carboxylic acids is 1. The van der Waals surface area contributed by atoms with Crippen molar-refractivity contribution in [2.75, 3.05) is 18.1 Å². The lowest BCUT2D eigenvalue weighted by Gasteiger charge is -2.31. The van der Waals surface area contributed by atoms with Gasteiger partial charge in [0, 0.05) is 36.3 Å². The monoisotopic (exact) mass is 666 g/mol. The highest BCUT2D eigenvalue weighted by Gasteiger charge is 2.66. The van der Waals surface area contributed by atoms with Gasteiger partial charge >= 0.3 is 0 Å². The largest absolute Gasteiger partial charge is 0.395 e. The number of hydrogen-bond acceptors (Lipinski definition) is 6. The first-order chi connectivity index (χ1) is 23.1. The predicted octanol–water partition coefficient (Wildman–Crippen LogP) is 5.43. The van der Waals surface area contributed by atoms with Gasteiger partial charge in [0.1, 0.15) is 0 Å². The number of nitrogens with one attached hydrogen (secondary N) is 1. The van der Waals surface area contributed by atoms with Gasteiger partial charge in [0.25, 0.3) is 11.5 Å². The van der Waals surface area contributed by atoms with Crippen LogP contribution in [-0.4, -0.2) is 63.5 Å². The van der Waals surface area contributed by atoms with E-state index < -0.39 is 31.6 Å². The molecule has 248 valence electrons. The van der Waals surface area contributed by atoms with E-state index in [4.69, 9.17) is 4.74 Å². The Bertz CT molecular complexity index is 2050. The number of carbonyl (C=O) groups is 1. The number of aromatic nitrogens is 5. The van der Waals surface area contributed by atoms with Gasteiger partial charge < -0.3 is 18.9 Å². The van der Waals surface area contributed by atoms with Crippen molar-refractivity contribution in [2.24, 2.45) is 5.92 Å². The number of aryl methyl sites for hydroxylation is 1. The molecule has 5 aromatic rings. The normalized spacial score (nSPS) is 22.9. The van der Waals surface area contributed by atoms with Gasteiger partial charge in [0.05, 0.1) is 46.6 Å². The zero-order valence-electron chi connectivity index (χ0n) is 27.2. The first kappa shape index (κ1) is 31.9. The van der Waals surface area contributed by atoms with Crippen LogP contribution in [0, 0.1) is 5.92 Å². The van der Waals surface area contributed by atoms with E-state index in [1.807, 2.05) is 67.6 Å². The molecule has 1 spiro atoms. The molecule has 1 fully saturated rings. The second kappa shape index (κ2) is 12.1. The van der Waals surface area contributed by atoms with Crippen molar-refractivity contribution >= 4 is 30.9 Å². The molecule has 2 aromatic heterocycles. The van der Waals surface area contributed by atoms with E-state index in [9.17, 15) is 14.7 Å². The van der Waals surface area contributed by atoms with E-state index >= 15 is 4.11 Å². The van der Waals surface area contributed by atoms with Crippen molar-refractivity contribution in [3.05, 3.63) is 119 Å². The minimum absolute atomic E-state index is 0.118. The first-order valence-corrected chi connectivity index (χ1v) is 19.2. The molecule has 0 aliphatic carbocycles. The molecule has 3 aromatic carbocycles. The lowest BCUT2D eigenvalue weighted by Crippen LogP contribution is -2.45. The molecule has 0 saturated carbocycles. The van der Waals surface area contributed by atoms with Crippen molar-refractivity contribution in [1.82, 2.24) is 24.8 Å². The number of halogens is 1. The van der Waals surface area contributed by atoms with Crippen LogP contribution in [0.3, 0.4) is 0 Å². The number of aromatic amines is 1. The Morgan fingerprint density at radius 1 is 1.12 bits per heavy atom. The number of ether oxygens (including phenoxy) is 1. The summed E-state index contributed by atoms with van der Waals surface area (Å²) >= 11 is 0. The third kappa shape index (κ3) is 5.06. The number of aliphatic hydroxyl groups excluding tert-OH is 1. The molecule has 0 bridgehead atoms. The fourth-order valence-electron chi connectivity index (χ4n) is 7.89. The van der Waals surface area contributed by atoms with Gasteiger partial charge in [-0.25, -0.2) is 4.68 Å². The number of amides is 1. The molecular formula is C36H39FN6O4Si. The van der Waals surface area contributed by atoms with Gasteiger partial charge in [0.15, 0.2) is 5.60 Å². The van der Waals surface area contributed by atoms with Gasteiger partial charge in [-0.05, 0) is 55.4 Å². The zero-order valence-corrected chi connectivity index (χ0v) is 28.2. The summed E-state index contributed by atoms with van der Waals surface area (Å²) in [5.41, 5.74) is 1.95. The number of aliphatic hydroxyl groups is 1. The highest BCUT2D eigenvalue weighted by molar-refractivity contribution is 6.72. The first-order valence-electron chi connectivity index (χ1n) is 16.3. The smallest absolute Gasteiger partial charge is 0.279 e. The lowest BCUT2D eigenvalue weighted by atomic mass is 9.82. The molecule has 2 aliphatic heterocycles. The second-order valence-corrected chi connectivity index (χ2v) is 17.1. The Morgan fingerprint density at radius 3 is 2.58 bits per heavy atom. The summed E-state index contributed by atoms with van der Waals surface area (Å²) in [4.78, 5) is 29.5. The Labute approximate surface area is 278 Å². The molecule has 7 rings (SSSR count). The maximum atomic E-state index is 16.4. The van der Waals surface area contributed by atoms with Crippen LogP contribution in [0.25, 0.3) is 16.6 Å². The number of nitrogens with zero attached hydrogens (tertiary/aromatic N) is 5. The molecule has 0 radical (unpaired) electrons. The van der Waals surface area contributed by atoms with Crippen LogP contribution in [0.4, 0.5) is 9.80 Å². The molecule has 1 amide bonds. The highest BCUT2D eigenvalue weighted by atomic mass is 28.4. The van der Waals surface area contributed by atoms with Crippen molar-refractivity contribution in [2.45, 2.75) is 56.1 Å². The summed E-state index contributed by atoms with van der Waals surface area (Å²) < 4.78 is 26.4. The van der Waals surface area contributed by atoms with Crippen LogP contribution in [-0.2, 0) is 21.7 Å². The molecule has 5 atom stereocenters. The van der Waals surface area contributed by atoms with Gasteiger partial charge in [-0.1, -0.05) is 60.7 Å². The van der Waals surface area contributed by atoms with E-state index in [-0.39, 0.29) is 30.5 Å². The number of fused-ring (bicyclic) bond motifs is 3. The topological polar surface area (TPSA) is 118 Å². The van der Waals surface area contributed by atoms with E-state index in [0.29, 0.717) is 46.5 Å². The summed E-state index contributed by atoms with van der Waals surface area (Å²) in [5, 5.41) is 22.5. The Kier molecular flexibility index (Phi) is 8.05. The Morgan fingerprint density at radius 2 is 1.88 bits per heavy atom. The molecule has 2 N–H and O–H groups in total. The lowest BCUT2D eigenvalue weighted by molar-refractivity contribution is -0.145. The summed E-state index contributed by atoms with van der Waals surface area (Å²) in [6.45, 7) is 9.66. The van der Waals surface area contributed by atoms with Crippen LogP contribution >= 0.6 is 0 Å². The van der Waals surface area contributed by atoms with Crippen molar-refractivity contribution < 1.29 is 18.7 Å². The number of benzene rings is 3. The molecule has 12 heteroatoms. The standard InChI is InChI=1S/C36H39FN6O4Si/c1-5-18-42-31-16-15-25(43-34(45)26-13-9-10-14-29(26)39-43)20-28(31)36(35(42)46)23(2)33(48(3,4)37)32(47-36)17-19-41-21-30(38-40-41)27(22-44)24-11-7-6-8-12-24/h5-16,20-21,23,27,32-33,39,44H,1,17-19,22H2,2-4H3/t23-,27?,32+,33-,36+/m1/s1. The summed E-state index contributed by atoms with van der Waals surface area (Å²) in [6, 6.07) is 22.4. The van der Waals surface area contributed by atoms with Crippen LogP contribution in [0.1, 0.15) is 36.1 Å². The molecule has 2 aliphatic rings. The molecule has 10 nitrogen and oxygen atoms in total. The molecule has 1 unspecified atom stereocenters. The van der Waals surface area contributed by atoms with E-state index in [1.165, 1.54) is 4.68 Å². The van der Waals surface area contributed by atoms with Gasteiger partial charge in [-0.15, -0.1) is 11.7 Å². The maximum absolute atomic E-state index is 16.4. The summed E-state index contributed by atoms with van der Waals surface area (Å²) in [6.07, 6.45) is 3.29. The van der Waals surface area contributed by atoms with E-state index in [1.54, 1.807) is 47.1 Å². The number of rotatable bonds is 10. The van der Waals surface area contributed by atoms with Crippen molar-refractivity contribution in [1.29, 1.82) is 0 Å². The predicted molar refractivity (Wildman–Crippen MR) is 185 cm³/mol. The second-order valence-electron chi connectivity index (χ2n) is 13.3. The summed E-state index contributed by atoms with van der Waals surface area (Å²) in [5.74, 6) is -1.07. The molecule has 48 heavy (non-hydrogen) atoms. The number of para-hydroxylation sites is 1. The third-order valence-corrected chi connectivity index (χ3v) is 12.5. The average molecular weight is 667 g/mol. The van der Waals surface area contributed by atoms with Gasteiger partial charge in [-0.2, -0.15) is 0 Å². The molecule has 4 heterocycles. The Balaban J connectivity index is 1.24. The maximum Gasteiger partial charge on any atom is 0.279 e. The molecular weight excluding hydrogens is 628 g/mol. The number of anilines is 1. The quantitative estimate of drug-likeness (QED) is 0.117. The van der Waals surface area contributed by atoms with Crippen molar-refractivity contribution in [3.8, 4) is 5.69 Å². The fraction of sp³-hybridized carbons (Fsp3) is 0.333. The third-order valence-electron chi connectivity index (χ3n) is 10.0. The average Bonchev–Trinajstić information content (AvgIpc) is 3.81. The SMILES string of the molecule is C=CCN1C(=O)[C@@]2(O[C@@H](CCn3cc(C(CO)c4ccccc4)nn3)[C@H]([Si](C)(C)F)[C@H]2C)c2cc(-n3[nH]c4ccccc4c3=O)ccc21. The van der Waals surface area contributed by atoms with Crippen molar-refractivity contribution in [3.63, 3.8) is 0 Å². The van der Waals surface area contributed by atoms with Crippen LogP contribution in [0.2, 0.25) is 18.6 Å².